The molecule has 0 spiro atoms. The standard InChI is InChI=1S/C4H8N2O/c1-3-6-2-4(5)7-3/h4H,2,5H2,1H3. The lowest BCUT2D eigenvalue weighted by atomic mass is 10.6. The van der Waals surface area contributed by atoms with Crippen LogP contribution in [0.25, 0.3) is 0 Å². The van der Waals surface area contributed by atoms with Gasteiger partial charge in [0.25, 0.3) is 0 Å². The largest absolute Gasteiger partial charge is 0.461 e. The summed E-state index contributed by atoms with van der Waals surface area (Å²) in [6, 6.07) is 0. The molecule has 1 aliphatic rings. The lowest BCUT2D eigenvalue weighted by Gasteiger charge is -1.98. The Bertz CT molecular complexity index is 99.9. The van der Waals surface area contributed by atoms with Crippen molar-refractivity contribution < 1.29 is 4.74 Å². The van der Waals surface area contributed by atoms with E-state index in [-0.39, 0.29) is 6.23 Å². The average molecular weight is 100 g/mol. The third kappa shape index (κ3) is 0.899. The molecular weight excluding hydrogens is 92.1 g/mol. The molecule has 40 valence electrons. The molecule has 7 heavy (non-hydrogen) atoms. The molecule has 0 aromatic rings. The maximum atomic E-state index is 5.29. The molecule has 0 saturated carbocycles. The van der Waals surface area contributed by atoms with Crippen molar-refractivity contribution in [2.24, 2.45) is 10.7 Å². The summed E-state index contributed by atoms with van der Waals surface area (Å²) < 4.78 is 4.89. The monoisotopic (exact) mass is 100 g/mol. The van der Waals surface area contributed by atoms with Gasteiger partial charge in [0.15, 0.2) is 12.1 Å². The maximum absolute atomic E-state index is 5.29. The smallest absolute Gasteiger partial charge is 0.182 e. The number of aliphatic imine (C=N–C) groups is 1. The van der Waals surface area contributed by atoms with Crippen molar-refractivity contribution >= 4 is 5.90 Å². The minimum absolute atomic E-state index is 0.181. The van der Waals surface area contributed by atoms with Crippen molar-refractivity contribution in [3.8, 4) is 0 Å². The number of nitrogens with two attached hydrogens (primary N) is 1. The normalized spacial score (nSPS) is 29.4. The lowest BCUT2D eigenvalue weighted by molar-refractivity contribution is 0.231. The molecule has 1 aliphatic heterocycles. The molecular formula is C4H8N2O. The summed E-state index contributed by atoms with van der Waals surface area (Å²) in [5.41, 5.74) is 5.29. The first-order valence-electron chi connectivity index (χ1n) is 2.22. The highest BCUT2D eigenvalue weighted by Gasteiger charge is 2.09. The van der Waals surface area contributed by atoms with E-state index in [1.54, 1.807) is 6.92 Å². The van der Waals surface area contributed by atoms with Crippen LogP contribution >= 0.6 is 0 Å². The quantitative estimate of drug-likeness (QED) is 0.455. The fourth-order valence-corrected chi connectivity index (χ4v) is 0.512. The van der Waals surface area contributed by atoms with Crippen molar-refractivity contribution in [3.05, 3.63) is 0 Å². The second-order valence-corrected chi connectivity index (χ2v) is 1.52. The van der Waals surface area contributed by atoms with Crippen LogP contribution in [-0.2, 0) is 4.74 Å². The van der Waals surface area contributed by atoms with Gasteiger partial charge in [-0.15, -0.1) is 0 Å². The predicted octanol–water partition coefficient (Wildman–Crippen LogP) is -0.280. The topological polar surface area (TPSA) is 47.6 Å². The summed E-state index contributed by atoms with van der Waals surface area (Å²) in [6.07, 6.45) is -0.181. The molecule has 1 unspecified atom stereocenters. The van der Waals surface area contributed by atoms with Crippen molar-refractivity contribution in [2.45, 2.75) is 13.2 Å². The van der Waals surface area contributed by atoms with Crippen LogP contribution in [0.2, 0.25) is 0 Å². The predicted molar refractivity (Wildman–Crippen MR) is 27.0 cm³/mol. The molecule has 2 N–H and O–H groups in total. The van der Waals surface area contributed by atoms with E-state index in [1.807, 2.05) is 0 Å². The van der Waals surface area contributed by atoms with Gasteiger partial charge < -0.3 is 4.74 Å². The zero-order valence-corrected chi connectivity index (χ0v) is 4.22. The zero-order valence-electron chi connectivity index (χ0n) is 4.22. The third-order valence-electron chi connectivity index (χ3n) is 0.816. The Kier molecular flexibility index (Phi) is 0.982. The lowest BCUT2D eigenvalue weighted by Crippen LogP contribution is -2.22. The van der Waals surface area contributed by atoms with Gasteiger partial charge in [0, 0.05) is 6.92 Å². The fourth-order valence-electron chi connectivity index (χ4n) is 0.512. The molecule has 0 radical (unpaired) electrons. The summed E-state index contributed by atoms with van der Waals surface area (Å²) in [7, 11) is 0. The summed E-state index contributed by atoms with van der Waals surface area (Å²) >= 11 is 0. The number of ether oxygens (including phenoxy) is 1. The molecule has 3 nitrogen and oxygen atoms in total. The van der Waals surface area contributed by atoms with Gasteiger partial charge in [0.1, 0.15) is 0 Å². The molecule has 1 rings (SSSR count). The fraction of sp³-hybridized carbons (Fsp3) is 0.750. The summed E-state index contributed by atoms with van der Waals surface area (Å²) in [4.78, 5) is 3.89. The minimum atomic E-state index is -0.181. The van der Waals surface area contributed by atoms with E-state index in [0.29, 0.717) is 12.4 Å². The molecule has 0 aromatic carbocycles. The number of hydrogen-bond donors (Lipinski definition) is 1. The highest BCUT2D eigenvalue weighted by molar-refractivity contribution is 5.74. The molecule has 1 atom stereocenters. The maximum Gasteiger partial charge on any atom is 0.182 e. The van der Waals surface area contributed by atoms with Crippen LogP contribution in [0.3, 0.4) is 0 Å². The van der Waals surface area contributed by atoms with Crippen LogP contribution in [0.1, 0.15) is 6.92 Å². The number of rotatable bonds is 0. The van der Waals surface area contributed by atoms with Gasteiger partial charge in [-0.25, -0.2) is 0 Å². The summed E-state index contributed by atoms with van der Waals surface area (Å²) in [6.45, 7) is 2.42. The summed E-state index contributed by atoms with van der Waals surface area (Å²) in [5, 5.41) is 0. The van der Waals surface area contributed by atoms with Gasteiger partial charge in [0.05, 0.1) is 6.54 Å². The molecule has 0 aromatic heterocycles. The van der Waals surface area contributed by atoms with E-state index in [4.69, 9.17) is 10.5 Å². The Labute approximate surface area is 42.2 Å². The molecule has 0 amide bonds. The van der Waals surface area contributed by atoms with Crippen molar-refractivity contribution in [3.63, 3.8) is 0 Å². The average Bonchev–Trinajstić information content (AvgIpc) is 1.87. The molecule has 0 fully saturated rings. The molecule has 0 saturated heterocycles. The Balaban J connectivity index is 2.42. The number of nitrogens with zero attached hydrogens (tertiary/aromatic N) is 1. The Morgan fingerprint density at radius 2 is 2.71 bits per heavy atom. The van der Waals surface area contributed by atoms with Crippen LogP contribution in [0.4, 0.5) is 0 Å². The second-order valence-electron chi connectivity index (χ2n) is 1.52. The van der Waals surface area contributed by atoms with E-state index in [1.165, 1.54) is 0 Å². The van der Waals surface area contributed by atoms with Crippen LogP contribution in [0.15, 0.2) is 4.99 Å². The van der Waals surface area contributed by atoms with E-state index in [0.717, 1.165) is 0 Å². The zero-order chi connectivity index (χ0) is 5.28. The second kappa shape index (κ2) is 1.50. The Morgan fingerprint density at radius 3 is 2.86 bits per heavy atom. The van der Waals surface area contributed by atoms with Crippen LogP contribution in [0, 0.1) is 0 Å². The Morgan fingerprint density at radius 1 is 2.00 bits per heavy atom. The molecule has 0 aliphatic carbocycles. The first-order chi connectivity index (χ1) is 3.29. The summed E-state index contributed by atoms with van der Waals surface area (Å²) in [5.74, 6) is 0.701. The first kappa shape index (κ1) is 4.59. The van der Waals surface area contributed by atoms with Gasteiger partial charge in [0.2, 0.25) is 0 Å². The van der Waals surface area contributed by atoms with Crippen LogP contribution < -0.4 is 5.73 Å². The minimum Gasteiger partial charge on any atom is -0.461 e. The third-order valence-corrected chi connectivity index (χ3v) is 0.816. The van der Waals surface area contributed by atoms with Gasteiger partial charge in [-0.05, 0) is 0 Å². The van der Waals surface area contributed by atoms with E-state index >= 15 is 0 Å². The highest BCUT2D eigenvalue weighted by atomic mass is 16.5. The first-order valence-corrected chi connectivity index (χ1v) is 2.22. The highest BCUT2D eigenvalue weighted by Crippen LogP contribution is 1.96. The SMILES string of the molecule is CC1=NCC(N)O1. The molecule has 0 bridgehead atoms. The van der Waals surface area contributed by atoms with Crippen molar-refractivity contribution in [1.29, 1.82) is 0 Å². The van der Waals surface area contributed by atoms with E-state index < -0.39 is 0 Å². The van der Waals surface area contributed by atoms with Crippen LogP contribution in [-0.4, -0.2) is 18.7 Å². The van der Waals surface area contributed by atoms with Gasteiger partial charge in [-0.1, -0.05) is 0 Å². The molecule has 1 heterocycles. The van der Waals surface area contributed by atoms with E-state index in [2.05, 4.69) is 4.99 Å². The number of hydrogen-bond acceptors (Lipinski definition) is 3. The van der Waals surface area contributed by atoms with Gasteiger partial charge in [-0.2, -0.15) is 0 Å². The molecule has 3 heteroatoms. The van der Waals surface area contributed by atoms with E-state index in [9.17, 15) is 0 Å². The van der Waals surface area contributed by atoms with Crippen molar-refractivity contribution in [2.75, 3.05) is 6.54 Å². The van der Waals surface area contributed by atoms with Gasteiger partial charge >= 0.3 is 0 Å². The van der Waals surface area contributed by atoms with Gasteiger partial charge in [-0.3, -0.25) is 10.7 Å². The van der Waals surface area contributed by atoms with Crippen molar-refractivity contribution in [1.82, 2.24) is 0 Å². The Hall–Kier alpha value is -0.570. The van der Waals surface area contributed by atoms with Crippen LogP contribution in [0.5, 0.6) is 0 Å².